The van der Waals surface area contributed by atoms with Crippen LogP contribution in [-0.4, -0.2) is 62.6 Å². The first-order valence-corrected chi connectivity index (χ1v) is 7.90. The molecule has 6 heteroatoms. The number of carbonyl (C=O) groups is 1. The second kappa shape index (κ2) is 9.75. The van der Waals surface area contributed by atoms with Crippen LogP contribution in [0.5, 0.6) is 5.75 Å². The van der Waals surface area contributed by atoms with Gasteiger partial charge in [0, 0.05) is 38.8 Å². The van der Waals surface area contributed by atoms with Gasteiger partial charge in [0.25, 0.3) is 5.91 Å². The molecule has 23 heavy (non-hydrogen) atoms. The van der Waals surface area contributed by atoms with Gasteiger partial charge >= 0.3 is 0 Å². The normalized spacial score (nSPS) is 18.1. The van der Waals surface area contributed by atoms with E-state index in [2.05, 4.69) is 16.3 Å². The predicted molar refractivity (Wildman–Crippen MR) is 95.2 cm³/mol. The van der Waals surface area contributed by atoms with E-state index in [9.17, 15) is 4.79 Å². The number of benzene rings is 1. The molecule has 0 bridgehead atoms. The molecular formula is C17H28ClN3O2. The maximum absolute atomic E-state index is 11.7. The number of hydrogen-bond donors (Lipinski definition) is 1. The number of nitrogens with one attached hydrogen (secondary N) is 1. The Bertz CT molecular complexity index is 496. The first-order chi connectivity index (χ1) is 10.6. The third kappa shape index (κ3) is 6.01. The molecule has 1 atom stereocenters. The van der Waals surface area contributed by atoms with E-state index in [1.165, 1.54) is 12.8 Å². The lowest BCUT2D eigenvalue weighted by Gasteiger charge is -2.32. The van der Waals surface area contributed by atoms with Crippen LogP contribution in [0.2, 0.25) is 0 Å². The summed E-state index contributed by atoms with van der Waals surface area (Å²) in [5.41, 5.74) is 1.14. The van der Waals surface area contributed by atoms with Gasteiger partial charge in [-0.15, -0.1) is 12.4 Å². The van der Waals surface area contributed by atoms with E-state index < -0.39 is 0 Å². The molecule has 0 spiro atoms. The molecule has 0 aliphatic carbocycles. The Balaban J connectivity index is 0.00000264. The van der Waals surface area contributed by atoms with Crippen molar-refractivity contribution in [3.05, 3.63) is 29.8 Å². The van der Waals surface area contributed by atoms with Gasteiger partial charge in [0.1, 0.15) is 5.75 Å². The Kier molecular flexibility index (Phi) is 8.37. The SMILES string of the molecule is CNC1CCCN(Cc2ccccc2OCC(=O)N(C)C)C1.Cl. The molecule has 1 saturated heterocycles. The number of para-hydroxylation sites is 1. The number of halogens is 1. The number of likely N-dealkylation sites (tertiary alicyclic amines) is 1. The summed E-state index contributed by atoms with van der Waals surface area (Å²) in [5, 5.41) is 3.36. The van der Waals surface area contributed by atoms with E-state index in [1.54, 1.807) is 19.0 Å². The Hall–Kier alpha value is -1.30. The number of rotatable bonds is 6. The lowest BCUT2D eigenvalue weighted by atomic mass is 10.0. The molecule has 0 saturated carbocycles. The highest BCUT2D eigenvalue weighted by atomic mass is 35.5. The average molecular weight is 342 g/mol. The van der Waals surface area contributed by atoms with Crippen LogP contribution in [0.25, 0.3) is 0 Å². The van der Waals surface area contributed by atoms with Gasteiger partial charge < -0.3 is 15.0 Å². The van der Waals surface area contributed by atoms with Crippen LogP contribution >= 0.6 is 12.4 Å². The van der Waals surface area contributed by atoms with E-state index in [4.69, 9.17) is 4.74 Å². The van der Waals surface area contributed by atoms with Gasteiger partial charge in [-0.2, -0.15) is 0 Å². The van der Waals surface area contributed by atoms with E-state index >= 15 is 0 Å². The second-order valence-electron chi connectivity index (χ2n) is 6.05. The van der Waals surface area contributed by atoms with Crippen molar-refractivity contribution in [2.45, 2.75) is 25.4 Å². The topological polar surface area (TPSA) is 44.8 Å². The minimum atomic E-state index is -0.0250. The molecule has 0 aromatic heterocycles. The first kappa shape index (κ1) is 19.7. The van der Waals surface area contributed by atoms with Gasteiger partial charge in [-0.3, -0.25) is 9.69 Å². The molecular weight excluding hydrogens is 314 g/mol. The summed E-state index contributed by atoms with van der Waals surface area (Å²) in [4.78, 5) is 15.7. The summed E-state index contributed by atoms with van der Waals surface area (Å²) in [5.74, 6) is 0.785. The highest BCUT2D eigenvalue weighted by Crippen LogP contribution is 2.22. The molecule has 1 unspecified atom stereocenters. The summed E-state index contributed by atoms with van der Waals surface area (Å²) in [7, 11) is 5.50. The minimum absolute atomic E-state index is 0. The summed E-state index contributed by atoms with van der Waals surface area (Å²) >= 11 is 0. The highest BCUT2D eigenvalue weighted by molar-refractivity contribution is 5.85. The quantitative estimate of drug-likeness (QED) is 0.856. The van der Waals surface area contributed by atoms with Crippen LogP contribution in [0.1, 0.15) is 18.4 Å². The van der Waals surface area contributed by atoms with Crippen molar-refractivity contribution in [3.63, 3.8) is 0 Å². The standard InChI is InChI=1S/C17H27N3O2.ClH/c1-18-15-8-6-10-20(12-15)11-14-7-4-5-9-16(14)22-13-17(21)19(2)3;/h4-5,7,9,15,18H,6,8,10-13H2,1-3H3;1H. The van der Waals surface area contributed by atoms with Crippen LogP contribution in [0, 0.1) is 0 Å². The Morgan fingerprint density at radius 3 is 2.83 bits per heavy atom. The monoisotopic (exact) mass is 341 g/mol. The third-order valence-electron chi connectivity index (χ3n) is 4.13. The molecule has 130 valence electrons. The maximum atomic E-state index is 11.7. The number of likely N-dealkylation sites (N-methyl/N-ethyl adjacent to an activating group) is 2. The van der Waals surface area contributed by atoms with Crippen LogP contribution in [-0.2, 0) is 11.3 Å². The van der Waals surface area contributed by atoms with E-state index in [0.717, 1.165) is 30.9 Å². The molecule has 1 fully saturated rings. The zero-order valence-corrected chi connectivity index (χ0v) is 15.1. The fourth-order valence-electron chi connectivity index (χ4n) is 2.72. The molecule has 0 radical (unpaired) electrons. The van der Waals surface area contributed by atoms with Crippen molar-refractivity contribution in [3.8, 4) is 5.75 Å². The predicted octanol–water partition coefficient (Wildman–Crippen LogP) is 1.76. The third-order valence-corrected chi connectivity index (χ3v) is 4.13. The van der Waals surface area contributed by atoms with Gasteiger partial charge in [-0.25, -0.2) is 0 Å². The molecule has 1 aromatic rings. The van der Waals surface area contributed by atoms with Gasteiger partial charge in [-0.05, 0) is 32.5 Å². The molecule has 1 heterocycles. The minimum Gasteiger partial charge on any atom is -0.483 e. The maximum Gasteiger partial charge on any atom is 0.259 e. The number of nitrogens with zero attached hydrogens (tertiary/aromatic N) is 2. The van der Waals surface area contributed by atoms with Crippen LogP contribution in [0.4, 0.5) is 0 Å². The van der Waals surface area contributed by atoms with E-state index in [0.29, 0.717) is 6.04 Å². The lowest BCUT2D eigenvalue weighted by molar-refractivity contribution is -0.130. The zero-order valence-electron chi connectivity index (χ0n) is 14.2. The van der Waals surface area contributed by atoms with Crippen molar-refractivity contribution < 1.29 is 9.53 Å². The van der Waals surface area contributed by atoms with Gasteiger partial charge in [0.2, 0.25) is 0 Å². The molecule has 1 aromatic carbocycles. The molecule has 5 nitrogen and oxygen atoms in total. The first-order valence-electron chi connectivity index (χ1n) is 7.90. The fourth-order valence-corrected chi connectivity index (χ4v) is 2.72. The van der Waals surface area contributed by atoms with E-state index in [1.807, 2.05) is 25.2 Å². The fraction of sp³-hybridized carbons (Fsp3) is 0.588. The van der Waals surface area contributed by atoms with Crippen molar-refractivity contribution in [2.24, 2.45) is 0 Å². The van der Waals surface area contributed by atoms with Gasteiger partial charge in [0.15, 0.2) is 6.61 Å². The van der Waals surface area contributed by atoms with Gasteiger partial charge in [0.05, 0.1) is 0 Å². The van der Waals surface area contributed by atoms with Crippen molar-refractivity contribution in [1.29, 1.82) is 0 Å². The van der Waals surface area contributed by atoms with Crippen molar-refractivity contribution in [2.75, 3.05) is 40.8 Å². The Morgan fingerprint density at radius 1 is 1.39 bits per heavy atom. The average Bonchev–Trinajstić information content (AvgIpc) is 2.53. The van der Waals surface area contributed by atoms with Crippen LogP contribution < -0.4 is 10.1 Å². The Labute approximate surface area is 145 Å². The summed E-state index contributed by atoms with van der Waals surface area (Å²) in [6.07, 6.45) is 2.45. The molecule has 1 aliphatic rings. The van der Waals surface area contributed by atoms with Crippen molar-refractivity contribution >= 4 is 18.3 Å². The zero-order chi connectivity index (χ0) is 15.9. The van der Waals surface area contributed by atoms with E-state index in [-0.39, 0.29) is 24.9 Å². The highest BCUT2D eigenvalue weighted by Gasteiger charge is 2.19. The smallest absolute Gasteiger partial charge is 0.259 e. The summed E-state index contributed by atoms with van der Waals surface area (Å²) in [6, 6.07) is 8.56. The second-order valence-corrected chi connectivity index (χ2v) is 6.05. The van der Waals surface area contributed by atoms with Crippen molar-refractivity contribution in [1.82, 2.24) is 15.1 Å². The summed E-state index contributed by atoms with van der Waals surface area (Å²) < 4.78 is 5.72. The van der Waals surface area contributed by atoms with Gasteiger partial charge in [-0.1, -0.05) is 18.2 Å². The Morgan fingerprint density at radius 2 is 2.13 bits per heavy atom. The van der Waals surface area contributed by atoms with Crippen LogP contribution in [0.15, 0.2) is 24.3 Å². The largest absolute Gasteiger partial charge is 0.483 e. The molecule has 1 N–H and O–H groups in total. The summed E-state index contributed by atoms with van der Waals surface area (Å²) in [6.45, 7) is 3.12. The van der Waals surface area contributed by atoms with Crippen LogP contribution in [0.3, 0.4) is 0 Å². The number of hydrogen-bond acceptors (Lipinski definition) is 4. The molecule has 1 amide bonds. The number of piperidine rings is 1. The number of carbonyl (C=O) groups excluding carboxylic acids is 1. The molecule has 1 aliphatic heterocycles. The lowest BCUT2D eigenvalue weighted by Crippen LogP contribution is -2.43. The number of ether oxygens (including phenoxy) is 1. The molecule has 2 rings (SSSR count). The number of amides is 1.